The first-order chi connectivity index (χ1) is 14.1. The third-order valence-electron chi connectivity index (χ3n) is 3.21. The molecule has 3 rings (SSSR count). The number of nitrogens with zero attached hydrogens (tertiary/aromatic N) is 2. The van der Waals surface area contributed by atoms with Crippen LogP contribution in [-0.2, 0) is 19.2 Å². The van der Waals surface area contributed by atoms with Gasteiger partial charge >= 0.3 is 0 Å². The van der Waals surface area contributed by atoms with E-state index in [0.717, 1.165) is 28.5 Å². The molecule has 0 aromatic heterocycles. The maximum atomic E-state index is 10.1. The SMILES string of the molecule is Cc1ccccc1N=C=O.N=C=O.N=C=O.O=C=Nc1cccc2ccccc12. The maximum absolute atomic E-state index is 10.1. The Labute approximate surface area is 166 Å². The zero-order chi connectivity index (χ0) is 21.9. The van der Waals surface area contributed by atoms with Crippen LogP contribution in [0, 0.1) is 17.7 Å². The van der Waals surface area contributed by atoms with E-state index in [2.05, 4.69) is 9.98 Å². The number of isocyanates is 4. The van der Waals surface area contributed by atoms with E-state index in [9.17, 15) is 9.59 Å². The molecule has 8 nitrogen and oxygen atoms in total. The molecule has 0 radical (unpaired) electrons. The minimum Gasteiger partial charge on any atom is -0.222 e. The van der Waals surface area contributed by atoms with E-state index in [0.29, 0.717) is 11.4 Å². The fourth-order valence-electron chi connectivity index (χ4n) is 2.09. The lowest BCUT2D eigenvalue weighted by Gasteiger charge is -1.98. The van der Waals surface area contributed by atoms with Crippen LogP contribution in [-0.4, -0.2) is 24.3 Å². The Bertz CT molecular complexity index is 1070. The van der Waals surface area contributed by atoms with Crippen molar-refractivity contribution in [3.05, 3.63) is 72.3 Å². The minimum atomic E-state index is 0.674. The summed E-state index contributed by atoms with van der Waals surface area (Å²) in [4.78, 5) is 43.8. The van der Waals surface area contributed by atoms with Gasteiger partial charge in [0, 0.05) is 5.39 Å². The molecule has 0 aliphatic rings. The van der Waals surface area contributed by atoms with Crippen LogP contribution in [0.4, 0.5) is 11.4 Å². The van der Waals surface area contributed by atoms with Crippen molar-refractivity contribution in [1.82, 2.24) is 0 Å². The maximum Gasteiger partial charge on any atom is 0.240 e. The van der Waals surface area contributed by atoms with Crippen molar-refractivity contribution < 1.29 is 19.2 Å². The second kappa shape index (κ2) is 15.7. The lowest BCUT2D eigenvalue weighted by molar-refractivity contribution is 0.562. The third-order valence-corrected chi connectivity index (χ3v) is 3.21. The molecule has 144 valence electrons. The van der Waals surface area contributed by atoms with Crippen LogP contribution in [0.5, 0.6) is 0 Å². The van der Waals surface area contributed by atoms with E-state index in [1.54, 1.807) is 18.2 Å². The number of aryl methyl sites for hydroxylation is 1. The molecular formula is C21H16N4O4. The number of aliphatic imine (C=N–C) groups is 2. The van der Waals surface area contributed by atoms with Crippen molar-refractivity contribution in [2.75, 3.05) is 0 Å². The smallest absolute Gasteiger partial charge is 0.222 e. The number of rotatable bonds is 2. The predicted octanol–water partition coefficient (Wildman–Crippen LogP) is 4.57. The molecule has 0 spiro atoms. The molecule has 0 atom stereocenters. The highest BCUT2D eigenvalue weighted by molar-refractivity contribution is 5.93. The van der Waals surface area contributed by atoms with Crippen molar-refractivity contribution >= 4 is 46.5 Å². The second-order valence-corrected chi connectivity index (χ2v) is 4.90. The van der Waals surface area contributed by atoms with Crippen molar-refractivity contribution in [2.24, 2.45) is 9.98 Å². The van der Waals surface area contributed by atoms with Crippen molar-refractivity contribution in [3.63, 3.8) is 0 Å². The van der Waals surface area contributed by atoms with Gasteiger partial charge in [-0.3, -0.25) is 0 Å². The molecular weight excluding hydrogens is 372 g/mol. The Hall–Kier alpha value is -4.56. The van der Waals surface area contributed by atoms with Crippen LogP contribution < -0.4 is 0 Å². The molecule has 0 saturated heterocycles. The summed E-state index contributed by atoms with van der Waals surface area (Å²) in [5.41, 5.74) is 2.36. The molecule has 2 N–H and O–H groups in total. The van der Waals surface area contributed by atoms with E-state index in [-0.39, 0.29) is 0 Å². The van der Waals surface area contributed by atoms with Crippen LogP contribution in [0.15, 0.2) is 76.7 Å². The van der Waals surface area contributed by atoms with Gasteiger partial charge in [0.1, 0.15) is 0 Å². The number of hydrogen-bond donors (Lipinski definition) is 2. The first kappa shape index (κ1) is 24.4. The fraction of sp³-hybridized carbons (Fsp3) is 0.0476. The highest BCUT2D eigenvalue weighted by atomic mass is 16.1. The largest absolute Gasteiger partial charge is 0.240 e. The first-order valence-electron chi connectivity index (χ1n) is 7.86. The normalized spacial score (nSPS) is 7.76. The predicted molar refractivity (Wildman–Crippen MR) is 108 cm³/mol. The summed E-state index contributed by atoms with van der Waals surface area (Å²) in [6, 6.07) is 20.9. The molecule has 8 heteroatoms. The second-order valence-electron chi connectivity index (χ2n) is 4.90. The van der Waals surface area contributed by atoms with Gasteiger partial charge in [0.2, 0.25) is 24.3 Å². The topological polar surface area (TPSA) is 141 Å². The van der Waals surface area contributed by atoms with Gasteiger partial charge in [0.25, 0.3) is 0 Å². The fourth-order valence-corrected chi connectivity index (χ4v) is 2.09. The summed E-state index contributed by atoms with van der Waals surface area (Å²) in [5, 5.41) is 12.9. The number of carbonyl (C=O) groups excluding carboxylic acids is 4. The lowest BCUT2D eigenvalue weighted by Crippen LogP contribution is -1.71. The monoisotopic (exact) mass is 388 g/mol. The van der Waals surface area contributed by atoms with Gasteiger partial charge in [0.05, 0.1) is 11.4 Å². The molecule has 0 saturated carbocycles. The van der Waals surface area contributed by atoms with Gasteiger partial charge in [0.15, 0.2) is 0 Å². The summed E-state index contributed by atoms with van der Waals surface area (Å²) in [6.45, 7) is 1.90. The molecule has 29 heavy (non-hydrogen) atoms. The molecule has 0 fully saturated rings. The summed E-state index contributed by atoms with van der Waals surface area (Å²) in [7, 11) is 0. The van der Waals surface area contributed by atoms with Crippen LogP contribution in [0.3, 0.4) is 0 Å². The molecule has 0 heterocycles. The molecule has 0 bridgehead atoms. The summed E-state index contributed by atoms with van der Waals surface area (Å²) >= 11 is 0. The Morgan fingerprint density at radius 3 is 1.69 bits per heavy atom. The molecule has 0 amide bonds. The van der Waals surface area contributed by atoms with E-state index >= 15 is 0 Å². The number of benzene rings is 3. The molecule has 0 aliphatic heterocycles. The van der Waals surface area contributed by atoms with E-state index in [1.165, 1.54) is 6.08 Å². The van der Waals surface area contributed by atoms with E-state index in [4.69, 9.17) is 20.4 Å². The van der Waals surface area contributed by atoms with Gasteiger partial charge in [-0.2, -0.15) is 9.98 Å². The average molecular weight is 388 g/mol. The van der Waals surface area contributed by atoms with Crippen LogP contribution >= 0.6 is 0 Å². The molecule has 0 unspecified atom stereocenters. The molecule has 3 aromatic rings. The van der Waals surface area contributed by atoms with Crippen molar-refractivity contribution in [1.29, 1.82) is 10.8 Å². The number of para-hydroxylation sites is 1. The average Bonchev–Trinajstić information content (AvgIpc) is 2.72. The van der Waals surface area contributed by atoms with Crippen molar-refractivity contribution in [2.45, 2.75) is 6.92 Å². The zero-order valence-corrected chi connectivity index (χ0v) is 15.4. The third kappa shape index (κ3) is 9.64. The lowest BCUT2D eigenvalue weighted by atomic mass is 10.1. The number of hydrogen-bond acceptors (Lipinski definition) is 8. The van der Waals surface area contributed by atoms with E-state index in [1.807, 2.05) is 61.5 Å². The zero-order valence-electron chi connectivity index (χ0n) is 15.4. The minimum absolute atomic E-state index is 0.674. The van der Waals surface area contributed by atoms with Crippen LogP contribution in [0.25, 0.3) is 10.8 Å². The van der Waals surface area contributed by atoms with Crippen molar-refractivity contribution in [3.8, 4) is 0 Å². The van der Waals surface area contributed by atoms with Gasteiger partial charge in [-0.1, -0.05) is 54.6 Å². The Balaban J connectivity index is 0.000000435. The summed E-state index contributed by atoms with van der Waals surface area (Å²) in [5.74, 6) is 0. The van der Waals surface area contributed by atoms with Gasteiger partial charge in [-0.05, 0) is 30.0 Å². The summed E-state index contributed by atoms with van der Waals surface area (Å²) in [6.07, 6.45) is 4.55. The molecule has 0 aliphatic carbocycles. The number of fused-ring (bicyclic) bond motifs is 1. The first-order valence-corrected chi connectivity index (χ1v) is 7.86. The highest BCUT2D eigenvalue weighted by Gasteiger charge is 1.96. The van der Waals surface area contributed by atoms with Gasteiger partial charge < -0.3 is 0 Å². The molecule has 3 aromatic carbocycles. The highest BCUT2D eigenvalue weighted by Crippen LogP contribution is 2.24. The Kier molecular flexibility index (Phi) is 13.2. The quantitative estimate of drug-likeness (QED) is 0.490. The number of nitrogens with one attached hydrogen (secondary N) is 2. The Morgan fingerprint density at radius 2 is 1.10 bits per heavy atom. The van der Waals surface area contributed by atoms with Crippen LogP contribution in [0.2, 0.25) is 0 Å². The summed E-state index contributed by atoms with van der Waals surface area (Å²) < 4.78 is 0. The van der Waals surface area contributed by atoms with Gasteiger partial charge in [-0.15, -0.1) is 0 Å². The Morgan fingerprint density at radius 1 is 0.655 bits per heavy atom. The van der Waals surface area contributed by atoms with Crippen LogP contribution in [0.1, 0.15) is 5.56 Å². The van der Waals surface area contributed by atoms with Gasteiger partial charge in [-0.25, -0.2) is 30.0 Å². The van der Waals surface area contributed by atoms with E-state index < -0.39 is 0 Å². The standard InChI is InChI=1S/C11H7NO.C8H7NO.2CHNO/c13-8-12-11-7-3-5-9-4-1-2-6-10(9)11;1-7-4-2-3-5-8(7)9-6-10;2*2-1-3/h1-7H;2-5H,1H3;2*2H.